The second kappa shape index (κ2) is 6.62. The first-order chi connectivity index (χ1) is 6.10. The highest BCUT2D eigenvalue weighted by molar-refractivity contribution is 5.82. The van der Waals surface area contributed by atoms with Gasteiger partial charge in [-0.2, -0.15) is 0 Å². The highest BCUT2D eigenvalue weighted by atomic mass is 16.5. The Hall–Kier alpha value is -0.870. The van der Waals surface area contributed by atoms with Crippen LogP contribution < -0.4 is 5.73 Å². The second-order valence-corrected chi connectivity index (χ2v) is 2.89. The smallest absolute Gasteiger partial charge is 0.330 e. The van der Waals surface area contributed by atoms with E-state index in [1.165, 1.54) is 6.08 Å². The highest BCUT2D eigenvalue weighted by Crippen LogP contribution is 2.02. The van der Waals surface area contributed by atoms with E-state index in [0.29, 0.717) is 13.0 Å². The molecule has 0 aromatic heterocycles. The molecule has 3 N–H and O–H groups in total. The maximum Gasteiger partial charge on any atom is 0.330 e. The topological polar surface area (TPSA) is 72.5 Å². The van der Waals surface area contributed by atoms with Crippen LogP contribution in [-0.4, -0.2) is 30.3 Å². The summed E-state index contributed by atoms with van der Waals surface area (Å²) in [6.07, 6.45) is 1.91. The Morgan fingerprint density at radius 1 is 1.69 bits per heavy atom. The zero-order valence-electron chi connectivity index (χ0n) is 8.12. The minimum absolute atomic E-state index is 0.0754. The molecule has 1 unspecified atom stereocenters. The van der Waals surface area contributed by atoms with E-state index >= 15 is 0 Å². The Labute approximate surface area is 78.4 Å². The fourth-order valence-electron chi connectivity index (χ4n) is 0.922. The van der Waals surface area contributed by atoms with Gasteiger partial charge in [0.2, 0.25) is 0 Å². The van der Waals surface area contributed by atoms with Crippen LogP contribution in [0.4, 0.5) is 0 Å². The predicted octanol–water partition coefficient (Wildman–Crippen LogP) is 0.205. The summed E-state index contributed by atoms with van der Waals surface area (Å²) in [7, 11) is 0. The molecule has 0 aliphatic rings. The Balaban J connectivity index is 3.93. The number of carbonyl (C=O) groups is 1. The first kappa shape index (κ1) is 12.1. The van der Waals surface area contributed by atoms with Crippen molar-refractivity contribution in [2.75, 3.05) is 13.2 Å². The Morgan fingerprint density at radius 3 is 2.77 bits per heavy atom. The molecule has 0 fully saturated rings. The van der Waals surface area contributed by atoms with E-state index in [4.69, 9.17) is 15.6 Å². The Morgan fingerprint density at radius 2 is 2.31 bits per heavy atom. The van der Waals surface area contributed by atoms with Crippen molar-refractivity contribution >= 4 is 5.97 Å². The number of carbonyl (C=O) groups excluding carboxylic acids is 1. The number of aliphatic hydroxyl groups excluding tert-OH is 1. The molecule has 76 valence electrons. The van der Waals surface area contributed by atoms with Gasteiger partial charge in [0.05, 0.1) is 13.2 Å². The molecule has 0 heterocycles. The van der Waals surface area contributed by atoms with Crippen molar-refractivity contribution in [3.05, 3.63) is 11.6 Å². The zero-order valence-corrected chi connectivity index (χ0v) is 8.12. The van der Waals surface area contributed by atoms with Crippen molar-refractivity contribution in [2.24, 2.45) is 5.73 Å². The minimum atomic E-state index is -0.356. The largest absolute Gasteiger partial charge is 0.463 e. The Bertz CT molecular complexity index is 189. The van der Waals surface area contributed by atoms with Crippen LogP contribution in [0.5, 0.6) is 0 Å². The van der Waals surface area contributed by atoms with Crippen molar-refractivity contribution in [1.82, 2.24) is 0 Å². The molecular weight excluding hydrogens is 170 g/mol. The zero-order chi connectivity index (χ0) is 10.3. The molecule has 0 saturated carbocycles. The summed E-state index contributed by atoms with van der Waals surface area (Å²) in [4.78, 5) is 10.9. The molecule has 0 aliphatic carbocycles. The first-order valence-electron chi connectivity index (χ1n) is 4.30. The van der Waals surface area contributed by atoms with E-state index < -0.39 is 0 Å². The van der Waals surface area contributed by atoms with Gasteiger partial charge < -0.3 is 15.6 Å². The fraction of sp³-hybridized carbons (Fsp3) is 0.667. The third-order valence-corrected chi connectivity index (χ3v) is 1.47. The summed E-state index contributed by atoms with van der Waals surface area (Å²) in [5, 5.41) is 8.65. The standard InChI is InChI=1S/C9H17NO3/c1-3-13-9(12)5-7(2)4-8(10)6-11/h5,8,11H,3-4,6,10H2,1-2H3/b7-5+. The molecule has 0 aromatic rings. The molecular formula is C9H17NO3. The van der Waals surface area contributed by atoms with E-state index in [1.807, 2.05) is 0 Å². The van der Waals surface area contributed by atoms with Crippen LogP contribution in [0, 0.1) is 0 Å². The van der Waals surface area contributed by atoms with E-state index in [2.05, 4.69) is 0 Å². The normalized spacial score (nSPS) is 14.0. The average molecular weight is 187 g/mol. The third kappa shape index (κ3) is 6.31. The van der Waals surface area contributed by atoms with Crippen LogP contribution in [-0.2, 0) is 9.53 Å². The lowest BCUT2D eigenvalue weighted by Crippen LogP contribution is -2.24. The van der Waals surface area contributed by atoms with Gasteiger partial charge in [0.25, 0.3) is 0 Å². The summed E-state index contributed by atoms with van der Waals surface area (Å²) >= 11 is 0. The highest BCUT2D eigenvalue weighted by Gasteiger charge is 2.03. The molecule has 0 bridgehead atoms. The summed E-state index contributed by atoms with van der Waals surface area (Å²) in [6.45, 7) is 3.83. The lowest BCUT2D eigenvalue weighted by atomic mass is 10.1. The van der Waals surface area contributed by atoms with Crippen molar-refractivity contribution < 1.29 is 14.6 Å². The number of ether oxygens (including phenoxy) is 1. The van der Waals surface area contributed by atoms with Gasteiger partial charge in [-0.15, -0.1) is 0 Å². The number of rotatable bonds is 5. The van der Waals surface area contributed by atoms with Crippen LogP contribution in [0.25, 0.3) is 0 Å². The predicted molar refractivity (Wildman–Crippen MR) is 50.1 cm³/mol. The van der Waals surface area contributed by atoms with Gasteiger partial charge >= 0.3 is 5.97 Å². The van der Waals surface area contributed by atoms with Crippen LogP contribution in [0.15, 0.2) is 11.6 Å². The molecule has 0 aromatic carbocycles. The number of aliphatic hydroxyl groups is 1. The molecule has 4 heteroatoms. The summed E-state index contributed by atoms with van der Waals surface area (Å²) in [5.41, 5.74) is 6.30. The molecule has 0 radical (unpaired) electrons. The van der Waals surface area contributed by atoms with Crippen molar-refractivity contribution in [3.8, 4) is 0 Å². The van der Waals surface area contributed by atoms with Gasteiger partial charge in [0.1, 0.15) is 0 Å². The van der Waals surface area contributed by atoms with Crippen LogP contribution in [0.2, 0.25) is 0 Å². The van der Waals surface area contributed by atoms with E-state index in [1.54, 1.807) is 13.8 Å². The summed E-state index contributed by atoms with van der Waals surface area (Å²) in [6, 6.07) is -0.300. The van der Waals surface area contributed by atoms with Crippen LogP contribution >= 0.6 is 0 Å². The number of nitrogens with two attached hydrogens (primary N) is 1. The summed E-state index contributed by atoms with van der Waals surface area (Å²) in [5.74, 6) is -0.356. The van der Waals surface area contributed by atoms with Gasteiger partial charge in [0, 0.05) is 12.1 Å². The van der Waals surface area contributed by atoms with Crippen LogP contribution in [0.1, 0.15) is 20.3 Å². The number of esters is 1. The maximum absolute atomic E-state index is 10.9. The molecule has 0 rings (SSSR count). The van der Waals surface area contributed by atoms with Gasteiger partial charge in [0.15, 0.2) is 0 Å². The Kier molecular flexibility index (Phi) is 6.18. The molecule has 13 heavy (non-hydrogen) atoms. The van der Waals surface area contributed by atoms with Gasteiger partial charge in [-0.25, -0.2) is 4.79 Å². The molecule has 0 saturated heterocycles. The van der Waals surface area contributed by atoms with Crippen molar-refractivity contribution in [3.63, 3.8) is 0 Å². The SMILES string of the molecule is CCOC(=O)/C=C(\C)CC(N)CO. The number of hydrogen-bond donors (Lipinski definition) is 2. The van der Waals surface area contributed by atoms with Crippen molar-refractivity contribution in [1.29, 1.82) is 0 Å². The van der Waals surface area contributed by atoms with Gasteiger partial charge in [-0.1, -0.05) is 5.57 Å². The summed E-state index contributed by atoms with van der Waals surface area (Å²) < 4.78 is 4.71. The van der Waals surface area contributed by atoms with Gasteiger partial charge in [-0.3, -0.25) is 0 Å². The molecule has 1 atom stereocenters. The molecule has 0 aliphatic heterocycles. The number of hydrogen-bond acceptors (Lipinski definition) is 4. The van der Waals surface area contributed by atoms with E-state index in [-0.39, 0.29) is 18.6 Å². The first-order valence-corrected chi connectivity index (χ1v) is 4.30. The van der Waals surface area contributed by atoms with E-state index in [9.17, 15) is 4.79 Å². The van der Waals surface area contributed by atoms with Crippen molar-refractivity contribution in [2.45, 2.75) is 26.3 Å². The quantitative estimate of drug-likeness (QED) is 0.476. The van der Waals surface area contributed by atoms with Crippen LogP contribution in [0.3, 0.4) is 0 Å². The third-order valence-electron chi connectivity index (χ3n) is 1.47. The molecule has 4 nitrogen and oxygen atoms in total. The fourth-order valence-corrected chi connectivity index (χ4v) is 0.922. The maximum atomic E-state index is 10.9. The lowest BCUT2D eigenvalue weighted by molar-refractivity contribution is -0.137. The minimum Gasteiger partial charge on any atom is -0.463 e. The molecule has 0 amide bonds. The average Bonchev–Trinajstić information content (AvgIpc) is 2.04. The molecule has 0 spiro atoms. The second-order valence-electron chi connectivity index (χ2n) is 2.89. The van der Waals surface area contributed by atoms with E-state index in [0.717, 1.165) is 5.57 Å². The lowest BCUT2D eigenvalue weighted by Gasteiger charge is -2.07. The monoisotopic (exact) mass is 187 g/mol. The van der Waals surface area contributed by atoms with Gasteiger partial charge in [-0.05, 0) is 20.3 Å².